The fourth-order valence-corrected chi connectivity index (χ4v) is 8.22. The van der Waals surface area contributed by atoms with Gasteiger partial charge in [0, 0.05) is 42.8 Å². The molecular formula is C27H36F4N4O3S. The van der Waals surface area contributed by atoms with Crippen LogP contribution in [-0.2, 0) is 21.4 Å². The van der Waals surface area contributed by atoms with Crippen molar-refractivity contribution < 1.29 is 30.8 Å². The smallest absolute Gasteiger partial charge is 0.253 e. The minimum absolute atomic E-state index is 0.0958. The monoisotopic (exact) mass is 572 g/mol. The van der Waals surface area contributed by atoms with Crippen molar-refractivity contribution in [2.24, 2.45) is 16.3 Å². The molecule has 2 N–H and O–H groups in total. The second kappa shape index (κ2) is 9.15. The van der Waals surface area contributed by atoms with Gasteiger partial charge in [0.25, 0.3) is 5.92 Å². The van der Waals surface area contributed by atoms with E-state index >= 15 is 0 Å². The maximum absolute atomic E-state index is 13.3. The van der Waals surface area contributed by atoms with Gasteiger partial charge < -0.3 is 10.6 Å². The Morgan fingerprint density at radius 3 is 2.38 bits per heavy atom. The molecule has 0 aromatic heterocycles. The summed E-state index contributed by atoms with van der Waals surface area (Å²) in [5, 5.41) is 5.94. The van der Waals surface area contributed by atoms with E-state index in [0.29, 0.717) is 25.1 Å². The van der Waals surface area contributed by atoms with Gasteiger partial charge in [-0.25, -0.2) is 26.0 Å². The van der Waals surface area contributed by atoms with Gasteiger partial charge in [-0.2, -0.15) is 4.31 Å². The number of carbonyl (C=O) groups is 1. The standard InChI is InChI=1S/C27H36F4N4O3S/c1-16-5-6-18(9-17(16)2)12-35(39(37,38)8-7-20(28)29)26-13-25(14-26,15-26)23-33-21(24(3,4)34-23)22(36)32-11-19-10-27(19,30)31/h5-6,9,19-21H,7-8,10-15H2,1-4H3,(H,32,36)(H,33,34)/t19-,21+,25?,26?/m1/s1. The Balaban J connectivity index is 1.31. The molecule has 4 fully saturated rings. The number of alkyl halides is 4. The molecule has 216 valence electrons. The summed E-state index contributed by atoms with van der Waals surface area (Å²) in [6.45, 7) is 7.56. The fourth-order valence-electron chi connectivity index (χ4n) is 6.39. The van der Waals surface area contributed by atoms with Gasteiger partial charge >= 0.3 is 0 Å². The van der Waals surface area contributed by atoms with Crippen LogP contribution in [0, 0.1) is 25.2 Å². The van der Waals surface area contributed by atoms with Crippen LogP contribution in [-0.4, -0.2) is 66.2 Å². The molecule has 2 atom stereocenters. The summed E-state index contributed by atoms with van der Waals surface area (Å²) in [5.41, 5.74) is 1.05. The van der Waals surface area contributed by atoms with Gasteiger partial charge in [-0.05, 0) is 63.6 Å². The lowest BCUT2D eigenvalue weighted by Crippen LogP contribution is -2.78. The third-order valence-electron chi connectivity index (χ3n) is 8.97. The van der Waals surface area contributed by atoms with Gasteiger partial charge in [0.1, 0.15) is 5.84 Å². The van der Waals surface area contributed by atoms with Crippen molar-refractivity contribution in [3.8, 4) is 0 Å². The molecule has 1 amide bonds. The van der Waals surface area contributed by atoms with Gasteiger partial charge in [0.2, 0.25) is 22.4 Å². The van der Waals surface area contributed by atoms with E-state index < -0.39 is 68.9 Å². The highest BCUT2D eigenvalue weighted by molar-refractivity contribution is 7.89. The van der Waals surface area contributed by atoms with Gasteiger partial charge in [-0.15, -0.1) is 0 Å². The first-order valence-corrected chi connectivity index (χ1v) is 15.0. The topological polar surface area (TPSA) is 90.9 Å². The molecule has 4 saturated carbocycles. The zero-order chi connectivity index (χ0) is 28.6. The van der Waals surface area contributed by atoms with Crippen LogP contribution in [0.2, 0.25) is 0 Å². The largest absolute Gasteiger partial charge is 0.366 e. The molecule has 0 unspecified atom stereocenters. The lowest BCUT2D eigenvalue weighted by Gasteiger charge is -2.73. The quantitative estimate of drug-likeness (QED) is 0.393. The molecule has 1 heterocycles. The molecule has 0 saturated heterocycles. The fraction of sp³-hybridized carbons (Fsp3) is 0.704. The molecule has 1 aromatic rings. The Hall–Kier alpha value is -2.21. The summed E-state index contributed by atoms with van der Waals surface area (Å²) in [7, 11) is -3.97. The van der Waals surface area contributed by atoms with Crippen molar-refractivity contribution in [2.75, 3.05) is 12.3 Å². The number of rotatable bonds is 11. The first kappa shape index (κ1) is 28.3. The van der Waals surface area contributed by atoms with Crippen LogP contribution in [0.25, 0.3) is 0 Å². The first-order chi connectivity index (χ1) is 18.0. The number of aryl methyl sites for hydroxylation is 2. The van der Waals surface area contributed by atoms with E-state index in [-0.39, 0.29) is 19.5 Å². The zero-order valence-corrected chi connectivity index (χ0v) is 23.5. The van der Waals surface area contributed by atoms with E-state index in [0.717, 1.165) is 16.7 Å². The van der Waals surface area contributed by atoms with Gasteiger partial charge in [0.05, 0.1) is 11.3 Å². The van der Waals surface area contributed by atoms with E-state index in [1.54, 1.807) is 0 Å². The lowest BCUT2D eigenvalue weighted by molar-refractivity contribution is -0.151. The molecule has 0 spiro atoms. The minimum Gasteiger partial charge on any atom is -0.366 e. The zero-order valence-electron chi connectivity index (χ0n) is 22.7. The summed E-state index contributed by atoms with van der Waals surface area (Å²) in [5.74, 6) is -3.97. The van der Waals surface area contributed by atoms with Crippen molar-refractivity contribution in [2.45, 2.75) is 95.8 Å². The van der Waals surface area contributed by atoms with Gasteiger partial charge in [0.15, 0.2) is 6.04 Å². The maximum Gasteiger partial charge on any atom is 0.253 e. The van der Waals surface area contributed by atoms with Crippen LogP contribution in [0.3, 0.4) is 0 Å². The molecule has 4 aliphatic carbocycles. The number of carbonyl (C=O) groups excluding carboxylic acids is 1. The highest BCUT2D eigenvalue weighted by atomic mass is 32.2. The van der Waals surface area contributed by atoms with Crippen molar-refractivity contribution in [1.29, 1.82) is 0 Å². The van der Waals surface area contributed by atoms with E-state index in [9.17, 15) is 30.8 Å². The van der Waals surface area contributed by atoms with E-state index in [1.807, 2.05) is 45.9 Å². The SMILES string of the molecule is Cc1ccc(CN(C23CC(C4=N[C@@H](C(=O)NC[C@H]5CC5(F)F)C(C)(C)N4)(C2)C3)S(=O)(=O)CCC(F)F)cc1C. The average Bonchev–Trinajstić information content (AvgIpc) is 3.26. The van der Waals surface area contributed by atoms with Crippen molar-refractivity contribution in [3.05, 3.63) is 34.9 Å². The van der Waals surface area contributed by atoms with Crippen LogP contribution >= 0.6 is 0 Å². The highest BCUT2D eigenvalue weighted by Gasteiger charge is 2.75. The number of benzene rings is 1. The number of amides is 1. The number of aliphatic imine (C=N–C) groups is 1. The lowest BCUT2D eigenvalue weighted by atomic mass is 9.38. The van der Waals surface area contributed by atoms with Crippen LogP contribution in [0.4, 0.5) is 17.6 Å². The predicted octanol–water partition coefficient (Wildman–Crippen LogP) is 3.93. The first-order valence-electron chi connectivity index (χ1n) is 13.4. The number of nitrogens with one attached hydrogen (secondary N) is 2. The molecule has 7 nitrogen and oxygen atoms in total. The third-order valence-corrected chi connectivity index (χ3v) is 10.9. The van der Waals surface area contributed by atoms with E-state index in [4.69, 9.17) is 0 Å². The molecule has 1 aliphatic heterocycles. The Kier molecular flexibility index (Phi) is 6.65. The average molecular weight is 573 g/mol. The molecule has 5 aliphatic rings. The Morgan fingerprint density at radius 1 is 1.18 bits per heavy atom. The Morgan fingerprint density at radius 2 is 1.82 bits per heavy atom. The number of hydrogen-bond donors (Lipinski definition) is 2. The number of nitrogens with zero attached hydrogens (tertiary/aromatic N) is 2. The maximum atomic E-state index is 13.3. The van der Waals surface area contributed by atoms with Crippen LogP contribution in [0.1, 0.15) is 62.6 Å². The summed E-state index contributed by atoms with van der Waals surface area (Å²) < 4.78 is 80.5. The Labute approximate surface area is 226 Å². The number of sulfonamides is 1. The molecule has 12 heteroatoms. The summed E-state index contributed by atoms with van der Waals surface area (Å²) in [6, 6.07) is 4.92. The van der Waals surface area contributed by atoms with Gasteiger partial charge in [-0.1, -0.05) is 18.2 Å². The third kappa shape index (κ3) is 5.07. The molecule has 39 heavy (non-hydrogen) atoms. The summed E-state index contributed by atoms with van der Waals surface area (Å²) >= 11 is 0. The van der Waals surface area contributed by atoms with E-state index in [1.165, 1.54) is 4.31 Å². The number of amidine groups is 1. The summed E-state index contributed by atoms with van der Waals surface area (Å²) in [6.07, 6.45) is -2.23. The molecular weight excluding hydrogens is 536 g/mol. The Bertz CT molecular complexity index is 1290. The predicted molar refractivity (Wildman–Crippen MR) is 139 cm³/mol. The minimum atomic E-state index is -3.97. The molecule has 2 bridgehead atoms. The van der Waals surface area contributed by atoms with Crippen LogP contribution in [0.5, 0.6) is 0 Å². The number of hydrogen-bond acceptors (Lipinski definition) is 5. The van der Waals surface area contributed by atoms with Crippen molar-refractivity contribution in [3.63, 3.8) is 0 Å². The second-order valence-electron chi connectivity index (χ2n) is 12.6. The highest BCUT2D eigenvalue weighted by Crippen LogP contribution is 2.71. The molecule has 1 aromatic carbocycles. The van der Waals surface area contributed by atoms with Crippen molar-refractivity contribution in [1.82, 2.24) is 14.9 Å². The second-order valence-corrected chi connectivity index (χ2v) is 14.6. The van der Waals surface area contributed by atoms with Gasteiger partial charge in [-0.3, -0.25) is 9.79 Å². The van der Waals surface area contributed by atoms with E-state index in [2.05, 4.69) is 15.6 Å². The molecule has 0 radical (unpaired) electrons. The number of halogens is 4. The van der Waals surface area contributed by atoms with Crippen LogP contribution < -0.4 is 10.6 Å². The van der Waals surface area contributed by atoms with Crippen molar-refractivity contribution >= 4 is 21.8 Å². The van der Waals surface area contributed by atoms with Crippen LogP contribution in [0.15, 0.2) is 23.2 Å². The molecule has 6 rings (SSSR count). The summed E-state index contributed by atoms with van der Waals surface area (Å²) in [4.78, 5) is 17.5. The normalized spacial score (nSPS) is 31.8.